The molecule has 0 radical (unpaired) electrons. The number of carbonyl (C=O) groups excluding carboxylic acids is 1. The van der Waals surface area contributed by atoms with E-state index in [0.717, 1.165) is 19.4 Å². The molecule has 0 bridgehead atoms. The lowest BCUT2D eigenvalue weighted by Crippen LogP contribution is -2.26. The van der Waals surface area contributed by atoms with Gasteiger partial charge in [0.15, 0.2) is 0 Å². The van der Waals surface area contributed by atoms with E-state index in [1.165, 1.54) is 0 Å². The first kappa shape index (κ1) is 17.7. The smallest absolute Gasteiger partial charge is 0.271 e. The van der Waals surface area contributed by atoms with Crippen LogP contribution < -0.4 is 10.6 Å². The van der Waals surface area contributed by atoms with E-state index in [2.05, 4.69) is 15.6 Å². The maximum Gasteiger partial charge on any atom is 0.271 e. The van der Waals surface area contributed by atoms with Gasteiger partial charge in [0.1, 0.15) is 11.5 Å². The van der Waals surface area contributed by atoms with Crippen LogP contribution in [0, 0.1) is 0 Å². The molecular formula is C15H24ClN3O2. The molecule has 0 atom stereocenters. The van der Waals surface area contributed by atoms with Gasteiger partial charge in [0, 0.05) is 19.7 Å². The van der Waals surface area contributed by atoms with E-state index in [0.29, 0.717) is 24.0 Å². The Morgan fingerprint density at radius 3 is 2.81 bits per heavy atom. The highest BCUT2D eigenvalue weighted by Gasteiger charge is 2.12. The van der Waals surface area contributed by atoms with Crippen LogP contribution in [0.2, 0.25) is 5.02 Å². The van der Waals surface area contributed by atoms with Gasteiger partial charge in [-0.1, -0.05) is 11.6 Å². The Kier molecular flexibility index (Phi) is 8.08. The summed E-state index contributed by atoms with van der Waals surface area (Å²) in [4.78, 5) is 16.3. The zero-order valence-corrected chi connectivity index (χ0v) is 13.7. The molecule has 1 amide bonds. The number of pyridine rings is 1. The van der Waals surface area contributed by atoms with Crippen LogP contribution in [0.3, 0.4) is 0 Å². The van der Waals surface area contributed by atoms with Crippen LogP contribution in [0.5, 0.6) is 0 Å². The summed E-state index contributed by atoms with van der Waals surface area (Å²) in [7, 11) is 0. The van der Waals surface area contributed by atoms with E-state index in [-0.39, 0.29) is 17.7 Å². The van der Waals surface area contributed by atoms with Crippen LogP contribution >= 0.6 is 11.6 Å². The quantitative estimate of drug-likeness (QED) is 0.688. The Morgan fingerprint density at radius 1 is 1.38 bits per heavy atom. The number of rotatable bonds is 9. The lowest BCUT2D eigenvalue weighted by Gasteiger charge is -2.09. The third-order valence-electron chi connectivity index (χ3n) is 2.73. The van der Waals surface area contributed by atoms with Crippen molar-refractivity contribution < 1.29 is 9.53 Å². The van der Waals surface area contributed by atoms with Gasteiger partial charge in [-0.15, -0.1) is 0 Å². The largest absolute Gasteiger partial charge is 0.379 e. The number of carbonyl (C=O) groups is 1. The summed E-state index contributed by atoms with van der Waals surface area (Å²) in [6.07, 6.45) is 2.02. The summed E-state index contributed by atoms with van der Waals surface area (Å²) in [5.41, 5.74) is 0.258. The highest BCUT2D eigenvalue weighted by atomic mass is 35.5. The molecule has 0 aliphatic carbocycles. The zero-order chi connectivity index (χ0) is 15.7. The van der Waals surface area contributed by atoms with E-state index in [1.807, 2.05) is 20.8 Å². The number of hydrogen-bond acceptors (Lipinski definition) is 4. The van der Waals surface area contributed by atoms with Gasteiger partial charge in [-0.25, -0.2) is 4.98 Å². The van der Waals surface area contributed by atoms with Gasteiger partial charge in [0.25, 0.3) is 5.91 Å². The van der Waals surface area contributed by atoms with Crippen molar-refractivity contribution >= 4 is 23.3 Å². The number of amides is 1. The molecule has 118 valence electrons. The molecule has 21 heavy (non-hydrogen) atoms. The Bertz CT molecular complexity index is 453. The third-order valence-corrected chi connectivity index (χ3v) is 3.03. The molecule has 5 nitrogen and oxygen atoms in total. The molecule has 1 aromatic rings. The standard InChI is InChI=1S/C15H24ClN3O2/c1-4-17-13-8-7-12(16)14(19-13)15(20)18-9-5-6-10-21-11(2)3/h7-8,11H,4-6,9-10H2,1-3H3,(H,17,19)(H,18,20). The molecule has 0 saturated heterocycles. The van der Waals surface area contributed by atoms with Crippen LogP contribution in [-0.2, 0) is 4.74 Å². The molecular weight excluding hydrogens is 290 g/mol. The van der Waals surface area contributed by atoms with Gasteiger partial charge in [0.2, 0.25) is 0 Å². The lowest BCUT2D eigenvalue weighted by atomic mass is 10.3. The molecule has 1 heterocycles. The van der Waals surface area contributed by atoms with Gasteiger partial charge in [-0.05, 0) is 45.7 Å². The Balaban J connectivity index is 2.39. The van der Waals surface area contributed by atoms with Crippen molar-refractivity contribution in [3.63, 3.8) is 0 Å². The molecule has 0 fully saturated rings. The SMILES string of the molecule is CCNc1ccc(Cl)c(C(=O)NCCCCOC(C)C)n1. The van der Waals surface area contributed by atoms with Crippen molar-refractivity contribution in [3.8, 4) is 0 Å². The van der Waals surface area contributed by atoms with Crippen LogP contribution in [0.15, 0.2) is 12.1 Å². The van der Waals surface area contributed by atoms with Crippen LogP contribution in [0.1, 0.15) is 44.1 Å². The second kappa shape index (κ2) is 9.58. The molecule has 1 rings (SSSR count). The van der Waals surface area contributed by atoms with Crippen molar-refractivity contribution in [2.75, 3.05) is 25.0 Å². The first-order chi connectivity index (χ1) is 10.0. The highest BCUT2D eigenvalue weighted by molar-refractivity contribution is 6.33. The summed E-state index contributed by atoms with van der Waals surface area (Å²) >= 11 is 6.02. The van der Waals surface area contributed by atoms with Crippen LogP contribution in [0.25, 0.3) is 0 Å². The topological polar surface area (TPSA) is 63.2 Å². The predicted molar refractivity (Wildman–Crippen MR) is 86.1 cm³/mol. The fourth-order valence-electron chi connectivity index (χ4n) is 1.71. The number of hydrogen-bond donors (Lipinski definition) is 2. The summed E-state index contributed by atoms with van der Waals surface area (Å²) in [5.74, 6) is 0.405. The van der Waals surface area contributed by atoms with Gasteiger partial charge < -0.3 is 15.4 Å². The maximum atomic E-state index is 12.0. The number of nitrogens with zero attached hydrogens (tertiary/aromatic N) is 1. The predicted octanol–water partition coefficient (Wildman–Crippen LogP) is 3.10. The average molecular weight is 314 g/mol. The molecule has 0 aliphatic heterocycles. The summed E-state index contributed by atoms with van der Waals surface area (Å²) in [6, 6.07) is 3.43. The summed E-state index contributed by atoms with van der Waals surface area (Å²) in [6.45, 7) is 8.02. The maximum absolute atomic E-state index is 12.0. The van der Waals surface area contributed by atoms with E-state index < -0.39 is 0 Å². The molecule has 0 spiro atoms. The molecule has 0 aliphatic rings. The summed E-state index contributed by atoms with van der Waals surface area (Å²) < 4.78 is 5.44. The average Bonchev–Trinajstić information content (AvgIpc) is 2.44. The minimum Gasteiger partial charge on any atom is -0.379 e. The van der Waals surface area contributed by atoms with Gasteiger partial charge in [0.05, 0.1) is 11.1 Å². The van der Waals surface area contributed by atoms with Crippen molar-refractivity contribution in [3.05, 3.63) is 22.8 Å². The first-order valence-electron chi connectivity index (χ1n) is 7.34. The number of nitrogens with one attached hydrogen (secondary N) is 2. The second-order valence-corrected chi connectivity index (χ2v) is 5.35. The van der Waals surface area contributed by atoms with E-state index >= 15 is 0 Å². The fraction of sp³-hybridized carbons (Fsp3) is 0.600. The van der Waals surface area contributed by atoms with Crippen LogP contribution in [0.4, 0.5) is 5.82 Å². The highest BCUT2D eigenvalue weighted by Crippen LogP contribution is 2.16. The first-order valence-corrected chi connectivity index (χ1v) is 7.72. The Labute approximate surface area is 131 Å². The lowest BCUT2D eigenvalue weighted by molar-refractivity contribution is 0.0754. The minimum atomic E-state index is -0.246. The Hall–Kier alpha value is -1.33. The third kappa shape index (κ3) is 6.78. The molecule has 0 saturated carbocycles. The Morgan fingerprint density at radius 2 is 2.14 bits per heavy atom. The van der Waals surface area contributed by atoms with Crippen molar-refractivity contribution in [1.29, 1.82) is 0 Å². The van der Waals surface area contributed by atoms with Crippen molar-refractivity contribution in [2.45, 2.75) is 39.7 Å². The molecule has 2 N–H and O–H groups in total. The minimum absolute atomic E-state index is 0.246. The molecule has 0 aromatic carbocycles. The van der Waals surface area contributed by atoms with E-state index in [4.69, 9.17) is 16.3 Å². The molecule has 0 unspecified atom stereocenters. The van der Waals surface area contributed by atoms with Gasteiger partial charge in [-0.3, -0.25) is 4.79 Å². The van der Waals surface area contributed by atoms with Crippen molar-refractivity contribution in [2.24, 2.45) is 0 Å². The number of anilines is 1. The number of halogens is 1. The van der Waals surface area contributed by atoms with Crippen molar-refractivity contribution in [1.82, 2.24) is 10.3 Å². The monoisotopic (exact) mass is 313 g/mol. The molecule has 6 heteroatoms. The van der Waals surface area contributed by atoms with Gasteiger partial charge >= 0.3 is 0 Å². The van der Waals surface area contributed by atoms with E-state index in [1.54, 1.807) is 12.1 Å². The fourth-order valence-corrected chi connectivity index (χ4v) is 1.90. The number of aromatic nitrogens is 1. The van der Waals surface area contributed by atoms with Crippen LogP contribution in [-0.4, -0.2) is 36.7 Å². The van der Waals surface area contributed by atoms with E-state index in [9.17, 15) is 4.79 Å². The summed E-state index contributed by atoms with van der Waals surface area (Å²) in [5, 5.41) is 6.24. The second-order valence-electron chi connectivity index (χ2n) is 4.94. The zero-order valence-electron chi connectivity index (χ0n) is 12.9. The number of ether oxygens (including phenoxy) is 1. The molecule has 1 aromatic heterocycles. The normalized spacial score (nSPS) is 10.7. The van der Waals surface area contributed by atoms with Gasteiger partial charge in [-0.2, -0.15) is 0 Å². The number of unbranched alkanes of at least 4 members (excludes halogenated alkanes) is 1.